The third-order valence-corrected chi connectivity index (χ3v) is 2.38. The summed E-state index contributed by atoms with van der Waals surface area (Å²) in [7, 11) is 0. The molecule has 0 aliphatic rings. The maximum absolute atomic E-state index is 12.4. The lowest BCUT2D eigenvalue weighted by Crippen LogP contribution is -2.33. The van der Waals surface area contributed by atoms with Gasteiger partial charge in [0.2, 0.25) is 0 Å². The monoisotopic (exact) mass is 267 g/mol. The summed E-state index contributed by atoms with van der Waals surface area (Å²) < 4.78 is 24.7. The second-order valence-corrected chi connectivity index (χ2v) is 3.54. The SMILES string of the molecule is OCCN(CC(F)F)c1ncnc(Cl)c1CO. The van der Waals surface area contributed by atoms with Gasteiger partial charge in [0, 0.05) is 6.54 Å². The molecule has 0 fully saturated rings. The first-order chi connectivity index (χ1) is 8.10. The Morgan fingerprint density at radius 1 is 1.35 bits per heavy atom. The van der Waals surface area contributed by atoms with Crippen LogP contribution in [0.4, 0.5) is 14.6 Å². The van der Waals surface area contributed by atoms with Crippen LogP contribution in [0.25, 0.3) is 0 Å². The highest BCUT2D eigenvalue weighted by Gasteiger charge is 2.18. The molecule has 1 heterocycles. The summed E-state index contributed by atoms with van der Waals surface area (Å²) in [5, 5.41) is 17.9. The molecule has 0 bridgehead atoms. The molecule has 8 heteroatoms. The van der Waals surface area contributed by atoms with E-state index in [2.05, 4.69) is 9.97 Å². The van der Waals surface area contributed by atoms with Crippen LogP contribution in [0.2, 0.25) is 5.15 Å². The first kappa shape index (κ1) is 14.0. The summed E-state index contributed by atoms with van der Waals surface area (Å²) in [6.07, 6.45) is -1.46. The average Bonchev–Trinajstić information content (AvgIpc) is 2.27. The van der Waals surface area contributed by atoms with Crippen LogP contribution in [0.3, 0.4) is 0 Å². The van der Waals surface area contributed by atoms with Gasteiger partial charge in [-0.05, 0) is 0 Å². The minimum Gasteiger partial charge on any atom is -0.395 e. The predicted octanol–water partition coefficient (Wildman–Crippen LogP) is 0.686. The molecule has 2 N–H and O–H groups in total. The molecular weight excluding hydrogens is 256 g/mol. The quantitative estimate of drug-likeness (QED) is 0.742. The number of halogens is 3. The number of aliphatic hydroxyl groups excluding tert-OH is 2. The average molecular weight is 268 g/mol. The van der Waals surface area contributed by atoms with Crippen LogP contribution in [0.5, 0.6) is 0 Å². The molecular formula is C9H12ClF2N3O2. The van der Waals surface area contributed by atoms with Gasteiger partial charge in [-0.3, -0.25) is 0 Å². The maximum atomic E-state index is 12.4. The van der Waals surface area contributed by atoms with Crippen molar-refractivity contribution in [2.75, 3.05) is 24.6 Å². The number of alkyl halides is 2. The lowest BCUT2D eigenvalue weighted by atomic mass is 10.3. The molecule has 1 rings (SSSR count). The standard InChI is InChI=1S/C9H12ClF2N3O2/c10-8-6(4-17)9(14-5-13-8)15(1-2-16)3-7(11)12/h5,7,16-17H,1-4H2. The fraction of sp³-hybridized carbons (Fsp3) is 0.556. The molecule has 0 aromatic carbocycles. The predicted molar refractivity (Wildman–Crippen MR) is 58.3 cm³/mol. The fourth-order valence-corrected chi connectivity index (χ4v) is 1.55. The Morgan fingerprint density at radius 2 is 2.06 bits per heavy atom. The Bertz CT molecular complexity index is 368. The second-order valence-electron chi connectivity index (χ2n) is 3.19. The van der Waals surface area contributed by atoms with Crippen molar-refractivity contribution in [2.45, 2.75) is 13.0 Å². The van der Waals surface area contributed by atoms with E-state index in [9.17, 15) is 8.78 Å². The minimum absolute atomic E-state index is 0.00899. The Labute approximate surface area is 102 Å². The first-order valence-electron chi connectivity index (χ1n) is 4.84. The van der Waals surface area contributed by atoms with Gasteiger partial charge in [-0.1, -0.05) is 11.6 Å². The Morgan fingerprint density at radius 3 is 2.59 bits per heavy atom. The molecule has 0 saturated heterocycles. The Balaban J connectivity index is 3.04. The van der Waals surface area contributed by atoms with Crippen molar-refractivity contribution in [1.82, 2.24) is 9.97 Å². The molecule has 17 heavy (non-hydrogen) atoms. The minimum atomic E-state index is -2.58. The number of nitrogens with zero attached hydrogens (tertiary/aromatic N) is 3. The molecule has 1 aromatic heterocycles. The zero-order chi connectivity index (χ0) is 12.8. The van der Waals surface area contributed by atoms with Crippen LogP contribution in [0.1, 0.15) is 5.56 Å². The van der Waals surface area contributed by atoms with Gasteiger partial charge in [-0.15, -0.1) is 0 Å². The highest BCUT2D eigenvalue weighted by molar-refractivity contribution is 6.30. The Kier molecular flexibility index (Phi) is 5.46. The van der Waals surface area contributed by atoms with Crippen LogP contribution in [-0.2, 0) is 6.61 Å². The molecule has 0 aliphatic carbocycles. The fourth-order valence-electron chi connectivity index (χ4n) is 1.36. The van der Waals surface area contributed by atoms with Crippen LogP contribution >= 0.6 is 11.6 Å². The van der Waals surface area contributed by atoms with Crippen molar-refractivity contribution in [2.24, 2.45) is 0 Å². The molecule has 96 valence electrons. The van der Waals surface area contributed by atoms with Crippen LogP contribution in [0, 0.1) is 0 Å². The molecule has 0 saturated carbocycles. The van der Waals surface area contributed by atoms with E-state index in [0.717, 1.165) is 11.2 Å². The summed E-state index contributed by atoms with van der Waals surface area (Å²) in [6, 6.07) is 0. The normalized spacial score (nSPS) is 10.9. The van der Waals surface area contributed by atoms with E-state index >= 15 is 0 Å². The van der Waals surface area contributed by atoms with Gasteiger partial charge in [0.15, 0.2) is 0 Å². The molecule has 0 aliphatic heterocycles. The van der Waals surface area contributed by atoms with Gasteiger partial charge in [0.1, 0.15) is 17.3 Å². The van der Waals surface area contributed by atoms with E-state index in [1.807, 2.05) is 0 Å². The van der Waals surface area contributed by atoms with Gasteiger partial charge >= 0.3 is 0 Å². The van der Waals surface area contributed by atoms with Gasteiger partial charge < -0.3 is 15.1 Å². The van der Waals surface area contributed by atoms with Gasteiger partial charge in [-0.2, -0.15) is 0 Å². The van der Waals surface area contributed by atoms with Crippen molar-refractivity contribution < 1.29 is 19.0 Å². The lowest BCUT2D eigenvalue weighted by molar-refractivity contribution is 0.152. The largest absolute Gasteiger partial charge is 0.395 e. The first-order valence-corrected chi connectivity index (χ1v) is 5.22. The molecule has 1 aromatic rings. The van der Waals surface area contributed by atoms with Crippen molar-refractivity contribution in [3.05, 3.63) is 17.0 Å². The summed E-state index contributed by atoms with van der Waals surface area (Å²) in [5.74, 6) is 0.113. The van der Waals surface area contributed by atoms with Crippen LogP contribution in [-0.4, -0.2) is 46.3 Å². The lowest BCUT2D eigenvalue weighted by Gasteiger charge is -2.24. The summed E-state index contributed by atoms with van der Waals surface area (Å²) >= 11 is 5.72. The van der Waals surface area contributed by atoms with Crippen molar-refractivity contribution in [3.8, 4) is 0 Å². The summed E-state index contributed by atoms with van der Waals surface area (Å²) in [4.78, 5) is 8.61. The smallest absolute Gasteiger partial charge is 0.255 e. The third-order valence-electron chi connectivity index (χ3n) is 2.06. The summed E-state index contributed by atoms with van der Waals surface area (Å²) in [6.45, 7) is -1.38. The number of anilines is 1. The highest BCUT2D eigenvalue weighted by atomic mass is 35.5. The molecule has 0 atom stereocenters. The number of aromatic nitrogens is 2. The van der Waals surface area contributed by atoms with Crippen LogP contribution < -0.4 is 4.90 Å². The van der Waals surface area contributed by atoms with E-state index in [4.69, 9.17) is 21.8 Å². The molecule has 0 unspecified atom stereocenters. The second kappa shape index (κ2) is 6.63. The zero-order valence-electron chi connectivity index (χ0n) is 8.85. The topological polar surface area (TPSA) is 69.5 Å². The van der Waals surface area contributed by atoms with Crippen molar-refractivity contribution in [3.63, 3.8) is 0 Å². The van der Waals surface area contributed by atoms with Crippen molar-refractivity contribution >= 4 is 17.4 Å². The van der Waals surface area contributed by atoms with E-state index in [1.165, 1.54) is 0 Å². The van der Waals surface area contributed by atoms with Crippen molar-refractivity contribution in [1.29, 1.82) is 0 Å². The number of aliphatic hydroxyl groups is 2. The van der Waals surface area contributed by atoms with E-state index in [1.54, 1.807) is 0 Å². The molecule has 0 spiro atoms. The molecule has 0 radical (unpaired) electrons. The summed E-state index contributed by atoms with van der Waals surface area (Å²) in [5.41, 5.74) is 0.170. The number of hydrogen-bond donors (Lipinski definition) is 2. The van der Waals surface area contributed by atoms with Gasteiger partial charge in [-0.25, -0.2) is 18.7 Å². The zero-order valence-corrected chi connectivity index (χ0v) is 9.61. The van der Waals surface area contributed by atoms with E-state index in [-0.39, 0.29) is 29.7 Å². The number of hydrogen-bond acceptors (Lipinski definition) is 5. The number of rotatable bonds is 6. The maximum Gasteiger partial charge on any atom is 0.255 e. The molecule has 5 nitrogen and oxygen atoms in total. The highest BCUT2D eigenvalue weighted by Crippen LogP contribution is 2.23. The third kappa shape index (κ3) is 3.72. The van der Waals surface area contributed by atoms with Gasteiger partial charge in [0.25, 0.3) is 6.43 Å². The van der Waals surface area contributed by atoms with Crippen LogP contribution in [0.15, 0.2) is 6.33 Å². The van der Waals surface area contributed by atoms with Gasteiger partial charge in [0.05, 0.1) is 25.3 Å². The molecule has 0 amide bonds. The van der Waals surface area contributed by atoms with E-state index < -0.39 is 19.6 Å². The Hall–Kier alpha value is -1.05. The van der Waals surface area contributed by atoms with E-state index in [0.29, 0.717) is 0 Å².